The summed E-state index contributed by atoms with van der Waals surface area (Å²) in [6.07, 6.45) is 6.31. The highest BCUT2D eigenvalue weighted by atomic mass is 32.1. The Kier molecular flexibility index (Phi) is 3.06. The van der Waals surface area contributed by atoms with Crippen LogP contribution in [0.5, 0.6) is 0 Å². The molecule has 7 heteroatoms. The second-order valence-electron chi connectivity index (χ2n) is 6.89. The van der Waals surface area contributed by atoms with Crippen LogP contribution in [0.1, 0.15) is 37.1 Å². The highest BCUT2D eigenvalue weighted by Gasteiger charge is 2.24. The summed E-state index contributed by atoms with van der Waals surface area (Å²) in [5.74, 6) is 0.614. The van der Waals surface area contributed by atoms with Gasteiger partial charge < -0.3 is 0 Å². The Hall–Kier alpha value is -1.86. The van der Waals surface area contributed by atoms with E-state index in [1.54, 1.807) is 17.7 Å². The quantitative estimate of drug-likeness (QED) is 0.547. The lowest BCUT2D eigenvalue weighted by Gasteiger charge is -2.11. The third kappa shape index (κ3) is 1.91. The van der Waals surface area contributed by atoms with Crippen LogP contribution < -0.4 is 0 Å². The number of rotatable bonds is 2. The lowest BCUT2D eigenvalue weighted by Crippen LogP contribution is -2.03. The summed E-state index contributed by atoms with van der Waals surface area (Å²) in [5.41, 5.74) is 6.10. The minimum Gasteiger partial charge on any atom is -0.257 e. The molecule has 0 bridgehead atoms. The van der Waals surface area contributed by atoms with E-state index in [0.717, 1.165) is 40.0 Å². The van der Waals surface area contributed by atoms with E-state index >= 15 is 0 Å². The smallest absolute Gasteiger partial charge is 0.200 e. The number of nitrogens with one attached hydrogen (secondary N) is 1. The van der Waals surface area contributed by atoms with Crippen molar-refractivity contribution in [1.29, 1.82) is 0 Å². The Labute approximate surface area is 147 Å². The minimum atomic E-state index is 0.579. The number of nitrogens with zero attached hydrogens (tertiary/aromatic N) is 4. The van der Waals surface area contributed by atoms with Gasteiger partial charge in [0.2, 0.25) is 4.77 Å². The predicted octanol–water partition coefficient (Wildman–Crippen LogP) is 4.24. The number of aryl methyl sites for hydroxylation is 1. The molecule has 0 saturated carbocycles. The fourth-order valence-electron chi connectivity index (χ4n) is 3.81. The van der Waals surface area contributed by atoms with Gasteiger partial charge in [-0.2, -0.15) is 5.10 Å². The third-order valence-electron chi connectivity index (χ3n) is 4.78. The van der Waals surface area contributed by atoms with Crippen molar-refractivity contribution < 1.29 is 0 Å². The van der Waals surface area contributed by atoms with E-state index in [1.807, 2.05) is 4.40 Å². The molecule has 0 amide bonds. The topological polar surface area (TPSA) is 58.9 Å². The molecule has 0 saturated heterocycles. The SMILES string of the molecule is CC(C)Cc1nc2sc3c(ncn4c(=S)[nH]nc34)c2c2c1CCC2. The first kappa shape index (κ1) is 14.5. The zero-order valence-electron chi connectivity index (χ0n) is 13.6. The Morgan fingerprint density at radius 2 is 2.17 bits per heavy atom. The summed E-state index contributed by atoms with van der Waals surface area (Å²) in [7, 11) is 0. The summed E-state index contributed by atoms with van der Waals surface area (Å²) >= 11 is 6.96. The van der Waals surface area contributed by atoms with E-state index < -0.39 is 0 Å². The minimum absolute atomic E-state index is 0.579. The summed E-state index contributed by atoms with van der Waals surface area (Å²) in [6.45, 7) is 4.52. The van der Waals surface area contributed by atoms with E-state index in [9.17, 15) is 0 Å². The molecule has 122 valence electrons. The van der Waals surface area contributed by atoms with Gasteiger partial charge in [-0.15, -0.1) is 11.3 Å². The molecule has 0 aliphatic heterocycles. The van der Waals surface area contributed by atoms with Crippen molar-refractivity contribution in [2.45, 2.75) is 39.5 Å². The van der Waals surface area contributed by atoms with Gasteiger partial charge in [-0.1, -0.05) is 13.8 Å². The van der Waals surface area contributed by atoms with E-state index in [4.69, 9.17) is 22.2 Å². The average Bonchev–Trinajstić information content (AvgIpc) is 3.22. The predicted molar refractivity (Wildman–Crippen MR) is 99.4 cm³/mol. The van der Waals surface area contributed by atoms with Crippen molar-refractivity contribution >= 4 is 49.6 Å². The maximum Gasteiger partial charge on any atom is 0.200 e. The van der Waals surface area contributed by atoms with Crippen LogP contribution in [0, 0.1) is 10.7 Å². The molecule has 1 N–H and O–H groups in total. The number of H-pyrrole nitrogens is 1. The van der Waals surface area contributed by atoms with Gasteiger partial charge in [0.1, 0.15) is 15.9 Å². The van der Waals surface area contributed by atoms with Crippen LogP contribution in [-0.2, 0) is 19.3 Å². The van der Waals surface area contributed by atoms with Gasteiger partial charge in [0.25, 0.3) is 0 Å². The normalized spacial score (nSPS) is 14.5. The second kappa shape index (κ2) is 5.07. The summed E-state index contributed by atoms with van der Waals surface area (Å²) in [4.78, 5) is 10.8. The number of aromatic nitrogens is 5. The number of fused-ring (bicyclic) bond motifs is 7. The maximum atomic E-state index is 5.27. The van der Waals surface area contributed by atoms with Crippen LogP contribution in [0.15, 0.2) is 6.33 Å². The Bertz CT molecular complexity index is 1160. The fraction of sp³-hybridized carbons (Fsp3) is 0.412. The largest absolute Gasteiger partial charge is 0.257 e. The van der Waals surface area contributed by atoms with E-state index in [2.05, 4.69) is 24.0 Å². The van der Waals surface area contributed by atoms with Crippen molar-refractivity contribution in [3.63, 3.8) is 0 Å². The lowest BCUT2D eigenvalue weighted by atomic mass is 9.99. The highest BCUT2D eigenvalue weighted by molar-refractivity contribution is 7.71. The highest BCUT2D eigenvalue weighted by Crippen LogP contribution is 2.40. The molecule has 0 atom stereocenters. The van der Waals surface area contributed by atoms with Crippen LogP contribution >= 0.6 is 23.6 Å². The molecule has 4 aromatic heterocycles. The monoisotopic (exact) mass is 355 g/mol. The third-order valence-corrected chi connectivity index (χ3v) is 6.14. The van der Waals surface area contributed by atoms with Crippen LogP contribution in [0.25, 0.3) is 26.1 Å². The second-order valence-corrected chi connectivity index (χ2v) is 8.28. The van der Waals surface area contributed by atoms with Crippen molar-refractivity contribution in [2.75, 3.05) is 0 Å². The van der Waals surface area contributed by atoms with Crippen LogP contribution in [0.3, 0.4) is 0 Å². The van der Waals surface area contributed by atoms with E-state index in [0.29, 0.717) is 10.7 Å². The van der Waals surface area contributed by atoms with Crippen LogP contribution in [-0.4, -0.2) is 24.6 Å². The number of hydrogen-bond acceptors (Lipinski definition) is 5. The van der Waals surface area contributed by atoms with Gasteiger partial charge >= 0.3 is 0 Å². The molecule has 1 aliphatic carbocycles. The van der Waals surface area contributed by atoms with Gasteiger partial charge in [0.15, 0.2) is 5.65 Å². The van der Waals surface area contributed by atoms with Gasteiger partial charge in [0, 0.05) is 11.1 Å². The van der Waals surface area contributed by atoms with Gasteiger partial charge in [-0.05, 0) is 54.9 Å². The fourth-order valence-corrected chi connectivity index (χ4v) is 5.14. The molecule has 4 aromatic rings. The van der Waals surface area contributed by atoms with Gasteiger partial charge in [-0.25, -0.2) is 9.97 Å². The Morgan fingerprint density at radius 1 is 1.33 bits per heavy atom. The molecule has 1 aliphatic rings. The molecule has 0 spiro atoms. The summed E-state index contributed by atoms with van der Waals surface area (Å²) in [6, 6.07) is 0. The van der Waals surface area contributed by atoms with Crippen molar-refractivity contribution in [1.82, 2.24) is 24.6 Å². The maximum absolute atomic E-state index is 5.27. The zero-order valence-corrected chi connectivity index (χ0v) is 15.2. The molecule has 5 nitrogen and oxygen atoms in total. The van der Waals surface area contributed by atoms with Crippen LogP contribution in [0.4, 0.5) is 0 Å². The molecule has 0 fully saturated rings. The molecule has 0 aromatic carbocycles. The Balaban J connectivity index is 1.92. The molecule has 5 rings (SSSR count). The molecular formula is C17H17N5S2. The van der Waals surface area contributed by atoms with Crippen molar-refractivity contribution in [3.05, 3.63) is 27.9 Å². The average molecular weight is 355 g/mol. The number of thiophene rings is 1. The standard InChI is InChI=1S/C17H17N5S2/c1-8(2)6-11-9-4-3-5-10(9)12-13-14(24-16(12)19-11)15-20-21-17(23)22(15)7-18-13/h7-8H,3-6H2,1-2H3,(H,21,23). The van der Waals surface area contributed by atoms with Gasteiger partial charge in [0.05, 0.1) is 5.52 Å². The molecular weight excluding hydrogens is 338 g/mol. The number of aromatic amines is 1. The number of hydrogen-bond donors (Lipinski definition) is 1. The Morgan fingerprint density at radius 3 is 3.00 bits per heavy atom. The number of pyridine rings is 1. The first-order chi connectivity index (χ1) is 11.6. The summed E-state index contributed by atoms with van der Waals surface area (Å²) in [5, 5.41) is 8.50. The molecule has 0 unspecified atom stereocenters. The van der Waals surface area contributed by atoms with Crippen molar-refractivity contribution in [3.8, 4) is 0 Å². The summed E-state index contributed by atoms with van der Waals surface area (Å²) < 4.78 is 3.49. The zero-order chi connectivity index (χ0) is 16.4. The molecule has 0 radical (unpaired) electrons. The van der Waals surface area contributed by atoms with E-state index in [-0.39, 0.29) is 0 Å². The van der Waals surface area contributed by atoms with Crippen molar-refractivity contribution in [2.24, 2.45) is 5.92 Å². The first-order valence-corrected chi connectivity index (χ1v) is 9.54. The molecule has 24 heavy (non-hydrogen) atoms. The van der Waals surface area contributed by atoms with E-state index in [1.165, 1.54) is 28.6 Å². The lowest BCUT2D eigenvalue weighted by molar-refractivity contribution is 0.632. The first-order valence-electron chi connectivity index (χ1n) is 8.32. The molecule has 4 heterocycles. The van der Waals surface area contributed by atoms with Crippen LogP contribution in [0.2, 0.25) is 0 Å². The van der Waals surface area contributed by atoms with Gasteiger partial charge in [-0.3, -0.25) is 9.50 Å².